The molecule has 0 saturated heterocycles. The number of ether oxygens (including phenoxy) is 1. The number of fused-ring (bicyclic) bond motifs is 1. The maximum atomic E-state index is 12.2. The molecule has 4 nitrogen and oxygen atoms in total. The molecule has 0 saturated carbocycles. The highest BCUT2D eigenvalue weighted by molar-refractivity contribution is 7.16. The van der Waals surface area contributed by atoms with Gasteiger partial charge in [-0.2, -0.15) is 4.99 Å². The Morgan fingerprint density at radius 3 is 2.77 bits per heavy atom. The number of halogens is 3. The molecule has 0 atom stereocenters. The van der Waals surface area contributed by atoms with E-state index in [9.17, 15) is 4.79 Å². The van der Waals surface area contributed by atoms with Gasteiger partial charge in [-0.3, -0.25) is 4.79 Å². The molecule has 0 unspecified atom stereocenters. The summed E-state index contributed by atoms with van der Waals surface area (Å²) in [5.74, 6) is 2.44. The van der Waals surface area contributed by atoms with Crippen LogP contribution in [0, 0.1) is 12.3 Å². The van der Waals surface area contributed by atoms with Crippen LogP contribution >= 0.6 is 46.1 Å². The minimum atomic E-state index is -0.468. The molecule has 2 aromatic carbocycles. The topological polar surface area (TPSA) is 43.6 Å². The van der Waals surface area contributed by atoms with Gasteiger partial charge < -0.3 is 9.30 Å². The number of terminal acetylenes is 1. The Morgan fingerprint density at radius 1 is 1.23 bits per heavy atom. The van der Waals surface area contributed by atoms with Crippen molar-refractivity contribution in [3.63, 3.8) is 0 Å². The molecule has 0 spiro atoms. The van der Waals surface area contributed by atoms with Gasteiger partial charge in [0, 0.05) is 5.02 Å². The third-order valence-electron chi connectivity index (χ3n) is 3.37. The van der Waals surface area contributed by atoms with Crippen LogP contribution in [0.4, 0.5) is 0 Å². The second kappa shape index (κ2) is 8.15. The Kier molecular flexibility index (Phi) is 5.90. The molecule has 0 fully saturated rings. The molecule has 0 radical (unpaired) electrons. The first-order valence-corrected chi connectivity index (χ1v) is 9.31. The molecule has 0 aliphatic rings. The van der Waals surface area contributed by atoms with Crippen molar-refractivity contribution in [1.29, 1.82) is 0 Å². The van der Waals surface area contributed by atoms with Gasteiger partial charge in [0.25, 0.3) is 5.91 Å². The second-order valence-corrected chi connectivity index (χ2v) is 7.39. The lowest BCUT2D eigenvalue weighted by atomic mass is 10.3. The minimum absolute atomic E-state index is 0.250. The van der Waals surface area contributed by atoms with Gasteiger partial charge in [0.1, 0.15) is 5.75 Å². The summed E-state index contributed by atoms with van der Waals surface area (Å²) in [5.41, 5.74) is 0.755. The quantitative estimate of drug-likeness (QED) is 0.563. The molecule has 26 heavy (non-hydrogen) atoms. The summed E-state index contributed by atoms with van der Waals surface area (Å²) in [6.07, 6.45) is 5.44. The standard InChI is InChI=1S/C18H11Cl3N2O2S/c1-2-8-23-17-12(20)4-3-5-15(17)26-18(23)22-16(24)10-25-14-7-6-11(19)9-13(14)21/h1,3-7,9H,8,10H2. The van der Waals surface area contributed by atoms with E-state index >= 15 is 0 Å². The van der Waals surface area contributed by atoms with E-state index in [-0.39, 0.29) is 13.2 Å². The number of hydrogen-bond acceptors (Lipinski definition) is 3. The first-order chi connectivity index (χ1) is 12.5. The minimum Gasteiger partial charge on any atom is -0.482 e. The fraction of sp³-hybridized carbons (Fsp3) is 0.111. The third kappa shape index (κ3) is 4.05. The zero-order valence-corrected chi connectivity index (χ0v) is 16.3. The number of amides is 1. The maximum Gasteiger partial charge on any atom is 0.286 e. The molecule has 1 heterocycles. The van der Waals surface area contributed by atoms with E-state index < -0.39 is 5.91 Å². The van der Waals surface area contributed by atoms with Crippen LogP contribution in [0.2, 0.25) is 15.1 Å². The lowest BCUT2D eigenvalue weighted by Gasteiger charge is -2.05. The molecule has 0 N–H and O–H groups in total. The molecule has 0 aliphatic carbocycles. The summed E-state index contributed by atoms with van der Waals surface area (Å²) in [6.45, 7) is -0.0148. The van der Waals surface area contributed by atoms with Crippen LogP contribution in [0.25, 0.3) is 10.2 Å². The predicted molar refractivity (Wildman–Crippen MR) is 106 cm³/mol. The first kappa shape index (κ1) is 18.8. The van der Waals surface area contributed by atoms with E-state index in [0.29, 0.717) is 25.6 Å². The van der Waals surface area contributed by atoms with E-state index in [4.69, 9.17) is 46.0 Å². The highest BCUT2D eigenvalue weighted by Crippen LogP contribution is 2.27. The molecular formula is C18H11Cl3N2O2S. The average Bonchev–Trinajstić information content (AvgIpc) is 2.93. The number of hydrogen-bond donors (Lipinski definition) is 0. The highest BCUT2D eigenvalue weighted by atomic mass is 35.5. The molecule has 0 aliphatic heterocycles. The predicted octanol–water partition coefficient (Wildman–Crippen LogP) is 4.80. The summed E-state index contributed by atoms with van der Waals surface area (Å²) < 4.78 is 8.04. The summed E-state index contributed by atoms with van der Waals surface area (Å²) in [7, 11) is 0. The Morgan fingerprint density at radius 2 is 2.04 bits per heavy atom. The molecule has 1 amide bonds. The van der Waals surface area contributed by atoms with Gasteiger partial charge in [0.05, 0.1) is 26.8 Å². The maximum absolute atomic E-state index is 12.2. The van der Waals surface area contributed by atoms with E-state index in [0.717, 1.165) is 10.2 Å². The van der Waals surface area contributed by atoms with Crippen LogP contribution in [0.1, 0.15) is 0 Å². The van der Waals surface area contributed by atoms with Crippen molar-refractivity contribution in [2.24, 2.45) is 4.99 Å². The van der Waals surface area contributed by atoms with Crippen molar-refractivity contribution in [3.05, 3.63) is 56.3 Å². The lowest BCUT2D eigenvalue weighted by molar-refractivity contribution is -0.120. The molecule has 3 rings (SSSR count). The zero-order chi connectivity index (χ0) is 18.7. The summed E-state index contributed by atoms with van der Waals surface area (Å²) in [6, 6.07) is 10.2. The van der Waals surface area contributed by atoms with Gasteiger partial charge in [-0.05, 0) is 30.3 Å². The highest BCUT2D eigenvalue weighted by Gasteiger charge is 2.11. The number of carbonyl (C=O) groups is 1. The number of aromatic nitrogens is 1. The summed E-state index contributed by atoms with van der Waals surface area (Å²) in [4.78, 5) is 16.8. The van der Waals surface area contributed by atoms with Gasteiger partial charge in [-0.1, -0.05) is 58.1 Å². The Balaban J connectivity index is 1.89. The number of nitrogens with zero attached hydrogens (tertiary/aromatic N) is 2. The van der Waals surface area contributed by atoms with Crippen molar-refractivity contribution >= 4 is 62.3 Å². The smallest absolute Gasteiger partial charge is 0.286 e. The average molecular weight is 426 g/mol. The molecular weight excluding hydrogens is 415 g/mol. The van der Waals surface area contributed by atoms with Crippen LogP contribution in [0.3, 0.4) is 0 Å². The second-order valence-electron chi connectivity index (χ2n) is 5.13. The van der Waals surface area contributed by atoms with Crippen molar-refractivity contribution in [1.82, 2.24) is 4.57 Å². The van der Waals surface area contributed by atoms with Gasteiger partial charge in [-0.25, -0.2) is 0 Å². The van der Waals surface area contributed by atoms with E-state index in [1.807, 2.05) is 12.1 Å². The van der Waals surface area contributed by atoms with Crippen LogP contribution < -0.4 is 9.54 Å². The van der Waals surface area contributed by atoms with Gasteiger partial charge in [0.15, 0.2) is 11.4 Å². The molecule has 8 heteroatoms. The largest absolute Gasteiger partial charge is 0.482 e. The van der Waals surface area contributed by atoms with Gasteiger partial charge in [0.2, 0.25) is 0 Å². The van der Waals surface area contributed by atoms with Crippen molar-refractivity contribution in [2.75, 3.05) is 6.61 Å². The monoisotopic (exact) mass is 424 g/mol. The van der Waals surface area contributed by atoms with Crippen LogP contribution in [-0.4, -0.2) is 17.1 Å². The van der Waals surface area contributed by atoms with Crippen LogP contribution in [0.15, 0.2) is 41.4 Å². The Labute approximate surface area is 168 Å². The normalized spacial score (nSPS) is 11.5. The van der Waals surface area contributed by atoms with Crippen molar-refractivity contribution in [3.8, 4) is 18.1 Å². The SMILES string of the molecule is C#CCn1c(=NC(=O)COc2ccc(Cl)cc2Cl)sc2cccc(Cl)c21. The Hall–Kier alpha value is -1.97. The summed E-state index contributed by atoms with van der Waals surface area (Å²) in [5, 5.41) is 1.35. The molecule has 132 valence electrons. The van der Waals surface area contributed by atoms with Crippen LogP contribution in [0.5, 0.6) is 5.75 Å². The van der Waals surface area contributed by atoms with E-state index in [1.165, 1.54) is 17.4 Å². The van der Waals surface area contributed by atoms with E-state index in [2.05, 4.69) is 10.9 Å². The number of rotatable bonds is 4. The third-order valence-corrected chi connectivity index (χ3v) is 5.25. The molecule has 0 bridgehead atoms. The van der Waals surface area contributed by atoms with E-state index in [1.54, 1.807) is 22.8 Å². The fourth-order valence-electron chi connectivity index (χ4n) is 2.28. The summed E-state index contributed by atoms with van der Waals surface area (Å²) >= 11 is 19.4. The Bertz CT molecular complexity index is 1100. The number of carbonyl (C=O) groups excluding carboxylic acids is 1. The first-order valence-electron chi connectivity index (χ1n) is 7.36. The molecule has 3 aromatic rings. The van der Waals surface area contributed by atoms with Crippen molar-refractivity contribution in [2.45, 2.75) is 6.54 Å². The van der Waals surface area contributed by atoms with Crippen molar-refractivity contribution < 1.29 is 9.53 Å². The lowest BCUT2D eigenvalue weighted by Crippen LogP contribution is -2.19. The number of thiazole rings is 1. The number of para-hydroxylation sites is 1. The van der Waals surface area contributed by atoms with Gasteiger partial charge in [-0.15, -0.1) is 6.42 Å². The van der Waals surface area contributed by atoms with Crippen LogP contribution in [-0.2, 0) is 11.3 Å². The fourth-order valence-corrected chi connectivity index (χ4v) is 4.15. The number of benzene rings is 2. The molecule has 1 aromatic heterocycles. The zero-order valence-electron chi connectivity index (χ0n) is 13.2. The van der Waals surface area contributed by atoms with Gasteiger partial charge >= 0.3 is 0 Å².